The molecule has 2 fully saturated rings. The summed E-state index contributed by atoms with van der Waals surface area (Å²) in [5, 5.41) is 14.5. The molecule has 3 aliphatic rings. The first-order valence-corrected chi connectivity index (χ1v) is 26.7. The number of esters is 1. The van der Waals surface area contributed by atoms with Crippen molar-refractivity contribution in [1.29, 1.82) is 0 Å². The van der Waals surface area contributed by atoms with Gasteiger partial charge in [0.15, 0.2) is 10.8 Å². The quantitative estimate of drug-likeness (QED) is 0.0692. The van der Waals surface area contributed by atoms with Gasteiger partial charge >= 0.3 is 5.97 Å². The topological polar surface area (TPSA) is 190 Å². The van der Waals surface area contributed by atoms with Crippen LogP contribution >= 0.6 is 11.3 Å². The molecule has 2 atom stereocenters. The van der Waals surface area contributed by atoms with Crippen LogP contribution in [0.4, 0.5) is 16.6 Å². The fourth-order valence-corrected chi connectivity index (χ4v) is 11.5. The van der Waals surface area contributed by atoms with Crippen LogP contribution in [0.15, 0.2) is 91.0 Å². The van der Waals surface area contributed by atoms with Crippen molar-refractivity contribution >= 4 is 78.7 Å². The van der Waals surface area contributed by atoms with E-state index in [0.29, 0.717) is 71.9 Å². The van der Waals surface area contributed by atoms with Gasteiger partial charge in [0.1, 0.15) is 17.2 Å². The average Bonchev–Trinajstić information content (AvgIpc) is 3.95. The number of nitrogens with zero attached hydrogens (tertiary/aromatic N) is 6. The van der Waals surface area contributed by atoms with E-state index in [9.17, 15) is 24.0 Å². The predicted octanol–water partition coefficient (Wildman–Crippen LogP) is 9.74. The minimum Gasteiger partial charge on any atom is -0.490 e. The van der Waals surface area contributed by atoms with Crippen LogP contribution < -0.4 is 25.6 Å². The van der Waals surface area contributed by atoms with Crippen molar-refractivity contribution in [3.8, 4) is 16.9 Å². The molecule has 4 amide bonds. The van der Waals surface area contributed by atoms with Crippen LogP contribution in [0, 0.1) is 12.8 Å². The number of hydrogen-bond acceptors (Lipinski definition) is 13. The van der Waals surface area contributed by atoms with Crippen LogP contribution in [0.3, 0.4) is 0 Å². The van der Waals surface area contributed by atoms with Crippen LogP contribution in [0.2, 0.25) is 0 Å². The highest BCUT2D eigenvalue weighted by atomic mass is 32.1. The summed E-state index contributed by atoms with van der Waals surface area (Å²) in [6, 6.07) is 29.0. The maximum absolute atomic E-state index is 14.1. The summed E-state index contributed by atoms with van der Waals surface area (Å²) in [4.78, 5) is 79.4. The Balaban J connectivity index is 0.753. The van der Waals surface area contributed by atoms with Gasteiger partial charge in [-0.3, -0.25) is 39.4 Å². The molecule has 2 saturated heterocycles. The van der Waals surface area contributed by atoms with E-state index >= 15 is 0 Å². The maximum atomic E-state index is 14.1. The van der Waals surface area contributed by atoms with E-state index in [1.165, 1.54) is 11.3 Å². The molecule has 0 radical (unpaired) electrons. The van der Waals surface area contributed by atoms with Crippen LogP contribution in [-0.2, 0) is 39.1 Å². The number of fused-ring (bicyclic) bond motifs is 3. The molecule has 3 aromatic heterocycles. The minimum atomic E-state index is -0.755. The Morgan fingerprint density at radius 3 is 2.47 bits per heavy atom. The number of aryl methyl sites for hydroxylation is 1. The third-order valence-corrected chi connectivity index (χ3v) is 15.5. The van der Waals surface area contributed by atoms with Crippen molar-refractivity contribution in [1.82, 2.24) is 30.0 Å². The smallest absolute Gasteiger partial charge is 0.358 e. The van der Waals surface area contributed by atoms with Gasteiger partial charge in [0.2, 0.25) is 17.7 Å². The second-order valence-corrected chi connectivity index (χ2v) is 22.1. The number of aromatic nitrogens is 4. The van der Waals surface area contributed by atoms with Crippen LogP contribution in [0.5, 0.6) is 5.75 Å². The number of benzene rings is 4. The molecule has 16 nitrogen and oxygen atoms in total. The highest BCUT2D eigenvalue weighted by Crippen LogP contribution is 2.37. The van der Waals surface area contributed by atoms with Gasteiger partial charge in [-0.05, 0) is 169 Å². The lowest BCUT2D eigenvalue weighted by molar-refractivity contribution is -0.134. The van der Waals surface area contributed by atoms with Crippen molar-refractivity contribution in [3.05, 3.63) is 125 Å². The van der Waals surface area contributed by atoms with Crippen LogP contribution in [0.25, 0.3) is 32.2 Å². The summed E-state index contributed by atoms with van der Waals surface area (Å²) in [5.74, 6) is -0.0529. The lowest BCUT2D eigenvalue weighted by Crippen LogP contribution is -2.39. The summed E-state index contributed by atoms with van der Waals surface area (Å²) in [6.07, 6.45) is 5.16. The number of hydrogen-bond donors (Lipinski definition) is 3. The fourth-order valence-electron chi connectivity index (χ4n) is 10.6. The van der Waals surface area contributed by atoms with E-state index in [1.807, 2.05) is 120 Å². The Morgan fingerprint density at radius 1 is 0.880 bits per heavy atom. The maximum Gasteiger partial charge on any atom is 0.358 e. The standard InChI is InChI=1S/C58H63N9O7S/c1-34(17-18-36-25-28-66(29-26-36)33-51(69)59-38-19-20-42-46(31-38)65(6)64-52(42)43-22-24-50(68)62-55(43)71)73-47-15-10-12-39(35(47)2)40-21-23-49(61-53(40)56(72)74-58(3,4)5)67-30-27-37-11-9-13-41(44(37)32-67)54(70)63-57-60-45-14-7-8-16-48(45)75-57/h7-16,19-21,23,31,34,36,43H,17-18,22,24-30,32-33H2,1-6H3,(H,59,69)(H,60,63,70)(H,62,68,71)/t34-,43?/m1/s1. The summed E-state index contributed by atoms with van der Waals surface area (Å²) in [6.45, 7) is 12.7. The molecule has 0 spiro atoms. The van der Waals surface area contributed by atoms with E-state index in [4.69, 9.17) is 14.5 Å². The zero-order chi connectivity index (χ0) is 52.5. The molecule has 0 bridgehead atoms. The molecule has 6 heterocycles. The number of carbonyl (C=O) groups is 5. The van der Waals surface area contributed by atoms with Gasteiger partial charge in [-0.25, -0.2) is 14.8 Å². The van der Waals surface area contributed by atoms with E-state index < -0.39 is 17.5 Å². The first-order valence-electron chi connectivity index (χ1n) is 25.9. The highest BCUT2D eigenvalue weighted by Gasteiger charge is 2.33. The Morgan fingerprint density at radius 2 is 1.68 bits per heavy atom. The van der Waals surface area contributed by atoms with Crippen molar-refractivity contribution < 1.29 is 33.4 Å². The van der Waals surface area contributed by atoms with Crippen molar-refractivity contribution in [2.24, 2.45) is 13.0 Å². The van der Waals surface area contributed by atoms with E-state index in [-0.39, 0.29) is 41.8 Å². The van der Waals surface area contributed by atoms with Crippen LogP contribution in [0.1, 0.15) is 115 Å². The number of imide groups is 1. The molecule has 3 N–H and O–H groups in total. The lowest BCUT2D eigenvalue weighted by atomic mass is 9.91. The fraction of sp³-hybridized carbons (Fsp3) is 0.379. The third-order valence-electron chi connectivity index (χ3n) is 14.5. The molecule has 388 valence electrons. The van der Waals surface area contributed by atoms with Gasteiger partial charge in [-0.15, -0.1) is 0 Å². The molecule has 7 aromatic rings. The molecule has 3 aliphatic heterocycles. The molecular weight excluding hydrogens is 967 g/mol. The molecule has 4 aromatic carbocycles. The molecule has 0 saturated carbocycles. The molecular formula is C58H63N9O7S. The normalized spacial score (nSPS) is 16.9. The Bertz CT molecular complexity index is 3320. The zero-order valence-corrected chi connectivity index (χ0v) is 44.1. The number of carbonyl (C=O) groups excluding carboxylic acids is 5. The van der Waals surface area contributed by atoms with E-state index in [0.717, 1.165) is 87.9 Å². The second kappa shape index (κ2) is 21.4. The van der Waals surface area contributed by atoms with Gasteiger partial charge < -0.3 is 19.7 Å². The number of thiazole rings is 1. The van der Waals surface area contributed by atoms with E-state index in [2.05, 4.69) is 48.8 Å². The van der Waals surface area contributed by atoms with Gasteiger partial charge in [-0.2, -0.15) is 5.10 Å². The summed E-state index contributed by atoms with van der Waals surface area (Å²) in [7, 11) is 1.81. The van der Waals surface area contributed by atoms with Crippen LogP contribution in [-0.4, -0.2) is 92.1 Å². The number of nitrogens with one attached hydrogen (secondary N) is 3. The van der Waals surface area contributed by atoms with Gasteiger partial charge in [0, 0.05) is 48.8 Å². The molecule has 1 unspecified atom stereocenters. The summed E-state index contributed by atoms with van der Waals surface area (Å²) in [5.41, 5.74) is 7.34. The monoisotopic (exact) mass is 1030 g/mol. The number of rotatable bonds is 14. The molecule has 17 heteroatoms. The Hall–Kier alpha value is -7.50. The Kier molecular flexibility index (Phi) is 14.5. The van der Waals surface area contributed by atoms with E-state index in [1.54, 1.807) is 4.68 Å². The number of anilines is 3. The number of para-hydroxylation sites is 1. The largest absolute Gasteiger partial charge is 0.490 e. The van der Waals surface area contributed by atoms with Gasteiger partial charge in [0.25, 0.3) is 5.91 Å². The van der Waals surface area contributed by atoms with Gasteiger partial charge in [0.05, 0.1) is 40.0 Å². The SMILES string of the molecule is Cc1c(O[C@H](C)CCC2CCN(CC(=O)Nc3ccc4c(C5CCC(=O)NC5=O)nn(C)c4c3)CC2)cccc1-c1ccc(N2CCc3cccc(C(=O)Nc4nc5ccccc5s4)c3C2)nc1C(=O)OC(C)(C)C. The zero-order valence-electron chi connectivity index (χ0n) is 43.3. The number of piperidine rings is 2. The summed E-state index contributed by atoms with van der Waals surface area (Å²) < 4.78 is 15.3. The first-order chi connectivity index (χ1) is 36.0. The lowest BCUT2D eigenvalue weighted by Gasteiger charge is -2.32. The van der Waals surface area contributed by atoms with Crippen molar-refractivity contribution in [2.75, 3.05) is 41.7 Å². The minimum absolute atomic E-state index is 0.0689. The molecule has 10 rings (SSSR count). The van der Waals surface area contributed by atoms with Gasteiger partial charge in [-0.1, -0.05) is 47.7 Å². The third kappa shape index (κ3) is 11.4. The average molecular weight is 1030 g/mol. The number of amides is 4. The highest BCUT2D eigenvalue weighted by molar-refractivity contribution is 7.22. The summed E-state index contributed by atoms with van der Waals surface area (Å²) >= 11 is 1.44. The molecule has 0 aliphatic carbocycles. The number of pyridine rings is 1. The van der Waals surface area contributed by atoms with Crippen molar-refractivity contribution in [3.63, 3.8) is 0 Å². The first kappa shape index (κ1) is 51.0. The second-order valence-electron chi connectivity index (χ2n) is 21.1. The number of likely N-dealkylation sites (tertiary alicyclic amines) is 1. The number of ether oxygens (including phenoxy) is 2. The Labute approximate surface area is 440 Å². The van der Waals surface area contributed by atoms with Crippen molar-refractivity contribution in [2.45, 2.75) is 104 Å². The predicted molar refractivity (Wildman–Crippen MR) is 291 cm³/mol. The molecule has 75 heavy (non-hydrogen) atoms.